The number of methoxy groups -OCH3 is 2. The monoisotopic (exact) mass is 737 g/mol. The summed E-state index contributed by atoms with van der Waals surface area (Å²) in [6.45, 7) is 1.07. The number of benzene rings is 3. The Balaban J connectivity index is 1.36. The van der Waals surface area contributed by atoms with Crippen molar-refractivity contribution in [1.29, 1.82) is 0 Å². The van der Waals surface area contributed by atoms with Crippen LogP contribution in [-0.4, -0.2) is 108 Å². The lowest BCUT2D eigenvalue weighted by Gasteiger charge is -2.37. The predicted molar refractivity (Wildman–Crippen MR) is 211 cm³/mol. The Morgan fingerprint density at radius 3 is 2.11 bits per heavy atom. The van der Waals surface area contributed by atoms with Crippen LogP contribution in [0.1, 0.15) is 35.0 Å². The summed E-state index contributed by atoms with van der Waals surface area (Å²) < 4.78 is 26.2. The maximum absolute atomic E-state index is 11.5. The first kappa shape index (κ1) is 38.5. The molecular weight excluding hydrogens is 695 g/mol. The van der Waals surface area contributed by atoms with Crippen molar-refractivity contribution >= 4 is 23.2 Å². The summed E-state index contributed by atoms with van der Waals surface area (Å²) in [6.07, 6.45) is 12.0. The predicted octanol–water partition coefficient (Wildman–Crippen LogP) is 4.64. The molecule has 3 aromatic carbocycles. The molecule has 12 nitrogen and oxygen atoms in total. The van der Waals surface area contributed by atoms with E-state index in [0.29, 0.717) is 53.7 Å². The van der Waals surface area contributed by atoms with Crippen LogP contribution in [-0.2, 0) is 15.1 Å². The molecule has 0 spiro atoms. The SMILES string of the molecule is C#CCN(CC#C)CC#Cc1nn([C@H]2C[C@H](O)[C@@H](COC(c3ccccc3)(c3ccc(OC)cc3)c3ccc(OC)cc3)O2)c2ncnc(/N=C/N(C)C)c12. The van der Waals surface area contributed by atoms with Gasteiger partial charge in [0, 0.05) is 20.5 Å². The lowest BCUT2D eigenvalue weighted by atomic mass is 9.80. The maximum Gasteiger partial charge on any atom is 0.169 e. The molecular formula is C43H43N7O5. The lowest BCUT2D eigenvalue weighted by Crippen LogP contribution is -2.38. The van der Waals surface area contributed by atoms with Crippen LogP contribution in [0.3, 0.4) is 0 Å². The van der Waals surface area contributed by atoms with E-state index in [2.05, 4.69) is 38.6 Å². The van der Waals surface area contributed by atoms with Gasteiger partial charge in [0.15, 0.2) is 17.7 Å². The van der Waals surface area contributed by atoms with Crippen LogP contribution in [0.4, 0.5) is 5.82 Å². The van der Waals surface area contributed by atoms with Gasteiger partial charge >= 0.3 is 0 Å². The van der Waals surface area contributed by atoms with Gasteiger partial charge in [-0.15, -0.1) is 12.8 Å². The number of terminal acetylenes is 2. The zero-order valence-corrected chi connectivity index (χ0v) is 31.3. The number of hydrogen-bond donors (Lipinski definition) is 1. The van der Waals surface area contributed by atoms with Crippen molar-refractivity contribution in [3.8, 4) is 48.0 Å². The van der Waals surface area contributed by atoms with Crippen molar-refractivity contribution in [3.05, 3.63) is 108 Å². The molecule has 0 saturated carbocycles. The van der Waals surface area contributed by atoms with Crippen molar-refractivity contribution in [1.82, 2.24) is 29.5 Å². The largest absolute Gasteiger partial charge is 0.497 e. The fourth-order valence-electron chi connectivity index (χ4n) is 6.47. The van der Waals surface area contributed by atoms with Gasteiger partial charge in [0.25, 0.3) is 0 Å². The van der Waals surface area contributed by atoms with Crippen molar-refractivity contribution < 1.29 is 24.1 Å². The first-order valence-corrected chi connectivity index (χ1v) is 17.6. The maximum atomic E-state index is 11.5. The second kappa shape index (κ2) is 17.7. The fraction of sp³-hybridized carbons (Fsp3) is 0.302. The fourth-order valence-corrected chi connectivity index (χ4v) is 6.47. The molecule has 0 unspecified atom stereocenters. The Bertz CT molecular complexity index is 2170. The van der Waals surface area contributed by atoms with Gasteiger partial charge in [0.2, 0.25) is 0 Å². The molecule has 5 aromatic rings. The summed E-state index contributed by atoms with van der Waals surface area (Å²) in [6, 6.07) is 25.5. The normalized spacial score (nSPS) is 16.8. The summed E-state index contributed by atoms with van der Waals surface area (Å²) in [5, 5.41) is 16.9. The summed E-state index contributed by atoms with van der Waals surface area (Å²) >= 11 is 0. The van der Waals surface area contributed by atoms with Gasteiger partial charge in [-0.1, -0.05) is 72.4 Å². The van der Waals surface area contributed by atoms with E-state index in [1.165, 1.54) is 6.33 Å². The molecule has 0 radical (unpaired) electrons. The van der Waals surface area contributed by atoms with Crippen molar-refractivity contribution in [2.75, 3.05) is 54.6 Å². The molecule has 0 bridgehead atoms. The minimum atomic E-state index is -1.10. The molecule has 2 aromatic heterocycles. The lowest BCUT2D eigenvalue weighted by molar-refractivity contribution is -0.0950. The molecule has 12 heteroatoms. The summed E-state index contributed by atoms with van der Waals surface area (Å²) in [5.74, 6) is 13.3. The highest BCUT2D eigenvalue weighted by molar-refractivity contribution is 5.91. The van der Waals surface area contributed by atoms with Gasteiger partial charge in [0.05, 0.1) is 58.3 Å². The standard InChI is InChI=1S/C43H43N7O5/c1-7-24-49(25-8-2)26-12-15-36-40-41(46-30-48(3)4)44-29-45-42(40)50(47-36)39-27-37(51)38(55-39)28-54-43(31-13-10-9-11-14-31,32-16-20-34(52-5)21-17-32)33-18-22-35(53-6)23-19-33/h1-2,9-11,13-14,16-23,29-30,37-39,51H,24-28H2,3-6H3/b46-30+/t37-,38+,39+/m0/s1. The molecule has 1 aliphatic heterocycles. The van der Waals surface area contributed by atoms with E-state index in [-0.39, 0.29) is 13.0 Å². The first-order chi connectivity index (χ1) is 26.8. The Morgan fingerprint density at radius 1 is 0.909 bits per heavy atom. The summed E-state index contributed by atoms with van der Waals surface area (Å²) in [5.41, 5.74) is 2.38. The van der Waals surface area contributed by atoms with E-state index < -0.39 is 24.0 Å². The van der Waals surface area contributed by atoms with E-state index in [4.69, 9.17) is 36.9 Å². The Kier molecular flexibility index (Phi) is 12.4. The first-order valence-electron chi connectivity index (χ1n) is 17.6. The second-order valence-electron chi connectivity index (χ2n) is 13.0. The number of nitrogens with zero attached hydrogens (tertiary/aromatic N) is 7. The summed E-state index contributed by atoms with van der Waals surface area (Å²) in [7, 11) is 6.99. The smallest absolute Gasteiger partial charge is 0.169 e. The molecule has 3 heterocycles. The van der Waals surface area contributed by atoms with Crippen LogP contribution >= 0.6 is 0 Å². The number of aromatic nitrogens is 4. The van der Waals surface area contributed by atoms with E-state index >= 15 is 0 Å². The molecule has 1 N–H and O–H groups in total. The molecule has 1 aliphatic rings. The highest BCUT2D eigenvalue weighted by Crippen LogP contribution is 2.43. The van der Waals surface area contributed by atoms with Gasteiger partial charge in [-0.05, 0) is 46.9 Å². The third-order valence-electron chi connectivity index (χ3n) is 9.13. The van der Waals surface area contributed by atoms with Crippen LogP contribution in [0.25, 0.3) is 11.0 Å². The van der Waals surface area contributed by atoms with E-state index in [9.17, 15) is 5.11 Å². The molecule has 6 rings (SSSR count). The van der Waals surface area contributed by atoms with Crippen LogP contribution in [0.5, 0.6) is 11.5 Å². The average Bonchev–Trinajstić information content (AvgIpc) is 3.78. The van der Waals surface area contributed by atoms with Crippen molar-refractivity contribution in [3.63, 3.8) is 0 Å². The van der Waals surface area contributed by atoms with Crippen molar-refractivity contribution in [2.45, 2.75) is 30.5 Å². The molecule has 3 atom stereocenters. The van der Waals surface area contributed by atoms with E-state index in [0.717, 1.165) is 16.7 Å². The number of aliphatic hydroxyl groups excluding tert-OH is 1. The number of ether oxygens (including phenoxy) is 4. The highest BCUT2D eigenvalue weighted by atomic mass is 16.6. The van der Waals surface area contributed by atoms with Gasteiger partial charge < -0.3 is 29.0 Å². The molecule has 0 amide bonds. The van der Waals surface area contributed by atoms with Crippen LogP contribution in [0.15, 0.2) is 90.2 Å². The zero-order valence-electron chi connectivity index (χ0n) is 31.3. The summed E-state index contributed by atoms with van der Waals surface area (Å²) in [4.78, 5) is 17.2. The number of rotatable bonds is 14. The van der Waals surface area contributed by atoms with Crippen LogP contribution < -0.4 is 9.47 Å². The molecule has 1 saturated heterocycles. The number of aliphatic hydroxyl groups is 1. The van der Waals surface area contributed by atoms with Gasteiger partial charge in [-0.2, -0.15) is 5.10 Å². The van der Waals surface area contributed by atoms with Crippen molar-refractivity contribution in [2.24, 2.45) is 4.99 Å². The van der Waals surface area contributed by atoms with Crippen LogP contribution in [0, 0.1) is 36.5 Å². The second-order valence-corrected chi connectivity index (χ2v) is 13.0. The third-order valence-corrected chi connectivity index (χ3v) is 9.13. The minimum Gasteiger partial charge on any atom is -0.497 e. The molecule has 55 heavy (non-hydrogen) atoms. The number of hydrogen-bond acceptors (Lipinski definition) is 10. The zero-order chi connectivity index (χ0) is 38.8. The molecule has 1 fully saturated rings. The van der Waals surface area contributed by atoms with Crippen LogP contribution in [0.2, 0.25) is 0 Å². The Labute approximate surface area is 321 Å². The van der Waals surface area contributed by atoms with E-state index in [1.54, 1.807) is 30.1 Å². The highest BCUT2D eigenvalue weighted by Gasteiger charge is 2.42. The molecule has 0 aliphatic carbocycles. The Hall–Kier alpha value is -6.20. The average molecular weight is 738 g/mol. The van der Waals surface area contributed by atoms with Gasteiger partial charge in [-0.3, -0.25) is 4.90 Å². The van der Waals surface area contributed by atoms with Gasteiger partial charge in [-0.25, -0.2) is 19.6 Å². The quantitative estimate of drug-likeness (QED) is 0.0748. The van der Waals surface area contributed by atoms with E-state index in [1.807, 2.05) is 97.9 Å². The van der Waals surface area contributed by atoms with Gasteiger partial charge in [0.1, 0.15) is 35.2 Å². The third kappa shape index (κ3) is 8.47. The Morgan fingerprint density at radius 2 is 1.53 bits per heavy atom. The number of aliphatic imine (C=N–C) groups is 1. The number of fused-ring (bicyclic) bond motifs is 1. The molecule has 280 valence electrons. The topological polar surface area (TPSA) is 120 Å². The minimum absolute atomic E-state index is 0.0318.